The van der Waals surface area contributed by atoms with Crippen molar-refractivity contribution in [2.45, 2.75) is 25.8 Å². The maximum atomic E-state index is 12.6. The molecule has 1 aromatic carbocycles. The summed E-state index contributed by atoms with van der Waals surface area (Å²) in [7, 11) is 0. The van der Waals surface area contributed by atoms with Gasteiger partial charge in [0.15, 0.2) is 0 Å². The Morgan fingerprint density at radius 3 is 2.58 bits per heavy atom. The van der Waals surface area contributed by atoms with E-state index in [4.69, 9.17) is 0 Å². The molecular formula is C18H24N4O2. The second kappa shape index (κ2) is 6.09. The number of benzene rings is 1. The van der Waals surface area contributed by atoms with Gasteiger partial charge < -0.3 is 15.2 Å². The molecule has 1 atom stereocenters. The highest BCUT2D eigenvalue weighted by Crippen LogP contribution is 2.27. The van der Waals surface area contributed by atoms with Gasteiger partial charge in [-0.05, 0) is 44.0 Å². The van der Waals surface area contributed by atoms with Crippen LogP contribution in [-0.2, 0) is 4.79 Å². The van der Waals surface area contributed by atoms with E-state index in [0.29, 0.717) is 5.92 Å². The molecule has 1 unspecified atom stereocenters. The number of H-pyrrole nitrogens is 1. The minimum atomic E-state index is -0.0464. The summed E-state index contributed by atoms with van der Waals surface area (Å²) in [5.41, 5.74) is 1.79. The van der Waals surface area contributed by atoms with Crippen molar-refractivity contribution < 1.29 is 4.79 Å². The molecule has 2 fully saturated rings. The molecule has 2 aromatic rings. The summed E-state index contributed by atoms with van der Waals surface area (Å²) in [5.74, 6) is 0.844. The number of carbonyl (C=O) groups excluding carboxylic acids is 1. The summed E-state index contributed by atoms with van der Waals surface area (Å²) in [6, 6.07) is 7.97. The molecule has 0 aliphatic carbocycles. The number of nitrogens with one attached hydrogen (secondary N) is 2. The number of aromatic amines is 1. The molecule has 0 radical (unpaired) electrons. The highest BCUT2D eigenvalue weighted by Gasteiger charge is 2.33. The van der Waals surface area contributed by atoms with E-state index in [1.165, 1.54) is 0 Å². The Bertz CT molecular complexity index is 797. The third-order valence-electron chi connectivity index (χ3n) is 5.67. The van der Waals surface area contributed by atoms with Crippen LogP contribution in [0.2, 0.25) is 0 Å². The van der Waals surface area contributed by atoms with Gasteiger partial charge in [-0.1, -0.05) is 19.1 Å². The van der Waals surface area contributed by atoms with Gasteiger partial charge in [0.2, 0.25) is 5.91 Å². The van der Waals surface area contributed by atoms with E-state index in [2.05, 4.69) is 10.3 Å². The first kappa shape index (κ1) is 15.4. The summed E-state index contributed by atoms with van der Waals surface area (Å²) in [6.45, 7) is 5.42. The second-order valence-corrected chi connectivity index (χ2v) is 7.08. The van der Waals surface area contributed by atoms with Crippen molar-refractivity contribution in [1.82, 2.24) is 19.8 Å². The third kappa shape index (κ3) is 2.55. The largest absolute Gasteiger partial charge is 0.342 e. The van der Waals surface area contributed by atoms with Gasteiger partial charge in [-0.2, -0.15) is 0 Å². The lowest BCUT2D eigenvalue weighted by atomic mass is 9.87. The zero-order valence-corrected chi connectivity index (χ0v) is 14.0. The molecule has 2 N–H and O–H groups in total. The number of rotatable bonds is 3. The van der Waals surface area contributed by atoms with Gasteiger partial charge in [0.1, 0.15) is 0 Å². The van der Waals surface area contributed by atoms with Gasteiger partial charge in [0.05, 0.1) is 11.0 Å². The van der Waals surface area contributed by atoms with E-state index in [9.17, 15) is 9.59 Å². The minimum absolute atomic E-state index is 0.0464. The van der Waals surface area contributed by atoms with Gasteiger partial charge >= 0.3 is 5.69 Å². The summed E-state index contributed by atoms with van der Waals surface area (Å²) in [4.78, 5) is 29.9. The second-order valence-electron chi connectivity index (χ2n) is 7.08. The van der Waals surface area contributed by atoms with Crippen LogP contribution in [0.3, 0.4) is 0 Å². The van der Waals surface area contributed by atoms with E-state index in [1.807, 2.05) is 40.7 Å². The molecule has 3 heterocycles. The van der Waals surface area contributed by atoms with Crippen LogP contribution < -0.4 is 11.0 Å². The zero-order chi connectivity index (χ0) is 16.7. The molecule has 1 aromatic heterocycles. The van der Waals surface area contributed by atoms with Crippen LogP contribution in [0, 0.1) is 11.8 Å². The Morgan fingerprint density at radius 2 is 1.92 bits per heavy atom. The number of hydrogen-bond acceptors (Lipinski definition) is 3. The molecule has 128 valence electrons. The number of fused-ring (bicyclic) bond motifs is 1. The number of para-hydroxylation sites is 2. The Balaban J connectivity index is 1.46. The molecule has 2 saturated heterocycles. The summed E-state index contributed by atoms with van der Waals surface area (Å²) >= 11 is 0. The fourth-order valence-corrected chi connectivity index (χ4v) is 3.94. The van der Waals surface area contributed by atoms with Gasteiger partial charge in [-0.3, -0.25) is 9.36 Å². The number of carbonyl (C=O) groups is 1. The Hall–Kier alpha value is -2.08. The number of aromatic nitrogens is 2. The molecule has 4 rings (SSSR count). The predicted octanol–water partition coefficient (Wildman–Crippen LogP) is 1.35. The number of piperidine rings is 1. The van der Waals surface area contributed by atoms with Crippen LogP contribution in [0.15, 0.2) is 29.1 Å². The average Bonchev–Trinajstić information content (AvgIpc) is 2.88. The van der Waals surface area contributed by atoms with Crippen molar-refractivity contribution in [2.24, 2.45) is 11.8 Å². The minimum Gasteiger partial charge on any atom is -0.342 e. The van der Waals surface area contributed by atoms with Gasteiger partial charge in [0, 0.05) is 25.0 Å². The van der Waals surface area contributed by atoms with Crippen molar-refractivity contribution in [3.8, 4) is 0 Å². The van der Waals surface area contributed by atoms with Crippen LogP contribution in [0.1, 0.15) is 25.8 Å². The van der Waals surface area contributed by atoms with Crippen LogP contribution in [0.5, 0.6) is 0 Å². The molecular weight excluding hydrogens is 304 g/mol. The van der Waals surface area contributed by atoms with Crippen LogP contribution in [0.25, 0.3) is 11.0 Å². The molecule has 6 heteroatoms. The number of amides is 1. The number of nitrogens with zero attached hydrogens (tertiary/aromatic N) is 2. The first-order valence-electron chi connectivity index (χ1n) is 8.84. The first-order valence-corrected chi connectivity index (χ1v) is 8.84. The van der Waals surface area contributed by atoms with E-state index in [0.717, 1.165) is 50.1 Å². The van der Waals surface area contributed by atoms with Gasteiger partial charge in [-0.15, -0.1) is 0 Å². The zero-order valence-electron chi connectivity index (χ0n) is 14.0. The van der Waals surface area contributed by atoms with E-state index in [1.54, 1.807) is 0 Å². The quantitative estimate of drug-likeness (QED) is 0.893. The maximum absolute atomic E-state index is 12.6. The smallest absolute Gasteiger partial charge is 0.326 e. The number of imidazole rings is 1. The number of likely N-dealkylation sites (tertiary alicyclic amines) is 1. The summed E-state index contributed by atoms with van der Waals surface area (Å²) < 4.78 is 1.87. The van der Waals surface area contributed by atoms with Crippen molar-refractivity contribution in [3.05, 3.63) is 34.7 Å². The topological polar surface area (TPSA) is 70.1 Å². The van der Waals surface area contributed by atoms with Crippen LogP contribution in [0.4, 0.5) is 0 Å². The monoisotopic (exact) mass is 328 g/mol. The molecule has 2 aliphatic heterocycles. The SMILES string of the molecule is CC(C(=O)N1CCC(n2c(=O)[nH]c3ccccc32)CC1)C1CNC1. The summed E-state index contributed by atoms with van der Waals surface area (Å²) in [5, 5.41) is 3.24. The highest BCUT2D eigenvalue weighted by molar-refractivity contribution is 5.79. The molecule has 0 spiro atoms. The molecule has 2 aliphatic rings. The van der Waals surface area contributed by atoms with E-state index in [-0.39, 0.29) is 23.6 Å². The normalized spacial score (nSPS) is 21.0. The lowest BCUT2D eigenvalue weighted by Crippen LogP contribution is -2.51. The number of hydrogen-bond donors (Lipinski definition) is 2. The Kier molecular flexibility index (Phi) is 3.92. The fraction of sp³-hybridized carbons (Fsp3) is 0.556. The lowest BCUT2D eigenvalue weighted by molar-refractivity contribution is -0.138. The summed E-state index contributed by atoms with van der Waals surface area (Å²) in [6.07, 6.45) is 1.67. The van der Waals surface area contributed by atoms with Crippen molar-refractivity contribution in [1.29, 1.82) is 0 Å². The first-order chi connectivity index (χ1) is 11.6. The Labute approximate surface area is 140 Å². The molecule has 6 nitrogen and oxygen atoms in total. The fourth-order valence-electron chi connectivity index (χ4n) is 3.94. The maximum Gasteiger partial charge on any atom is 0.326 e. The van der Waals surface area contributed by atoms with E-state index >= 15 is 0 Å². The average molecular weight is 328 g/mol. The molecule has 0 saturated carbocycles. The third-order valence-corrected chi connectivity index (χ3v) is 5.67. The van der Waals surface area contributed by atoms with Crippen molar-refractivity contribution in [3.63, 3.8) is 0 Å². The van der Waals surface area contributed by atoms with Gasteiger partial charge in [-0.25, -0.2) is 4.79 Å². The van der Waals surface area contributed by atoms with Crippen LogP contribution >= 0.6 is 0 Å². The van der Waals surface area contributed by atoms with Crippen molar-refractivity contribution >= 4 is 16.9 Å². The molecule has 1 amide bonds. The standard InChI is InChI=1S/C18H24N4O2/c1-12(13-10-19-11-13)17(23)21-8-6-14(7-9-21)22-16-5-3-2-4-15(16)20-18(22)24/h2-5,12-14,19H,6-11H2,1H3,(H,20,24). The molecule has 0 bridgehead atoms. The highest BCUT2D eigenvalue weighted by atomic mass is 16.2. The predicted molar refractivity (Wildman–Crippen MR) is 92.9 cm³/mol. The van der Waals surface area contributed by atoms with Crippen molar-refractivity contribution in [2.75, 3.05) is 26.2 Å². The Morgan fingerprint density at radius 1 is 1.21 bits per heavy atom. The van der Waals surface area contributed by atoms with E-state index < -0.39 is 0 Å². The molecule has 24 heavy (non-hydrogen) atoms. The van der Waals surface area contributed by atoms with Gasteiger partial charge in [0.25, 0.3) is 0 Å². The van der Waals surface area contributed by atoms with Crippen LogP contribution in [-0.4, -0.2) is 46.5 Å². The lowest BCUT2D eigenvalue weighted by Gasteiger charge is -2.38.